The smallest absolute Gasteiger partial charge is 0.265 e. The number of hydrogen-bond donors (Lipinski definition) is 1. The lowest BCUT2D eigenvalue weighted by molar-refractivity contribution is -0.114. The number of nitrogens with zero attached hydrogens (tertiary/aromatic N) is 3. The van der Waals surface area contributed by atoms with Crippen molar-refractivity contribution < 1.29 is 14.0 Å². The number of aromatic nitrogens is 4. The van der Waals surface area contributed by atoms with Gasteiger partial charge in [-0.1, -0.05) is 0 Å². The molecule has 0 radical (unpaired) electrons. The topological polar surface area (TPSA) is 102 Å². The van der Waals surface area contributed by atoms with E-state index in [1.54, 1.807) is 18.5 Å². The van der Waals surface area contributed by atoms with Crippen molar-refractivity contribution in [1.82, 2.24) is 20.2 Å². The van der Waals surface area contributed by atoms with Crippen molar-refractivity contribution in [2.75, 3.05) is 0 Å². The summed E-state index contributed by atoms with van der Waals surface area (Å²) in [6.45, 7) is 0. The number of ketones is 2. The Balaban J connectivity index is 1.72. The summed E-state index contributed by atoms with van der Waals surface area (Å²) >= 11 is 0. The van der Waals surface area contributed by atoms with E-state index in [4.69, 9.17) is 4.42 Å². The zero-order valence-corrected chi connectivity index (χ0v) is 11.5. The largest absolute Gasteiger partial charge is 0.469 e. The minimum absolute atomic E-state index is 0.0313. The highest BCUT2D eigenvalue weighted by Gasteiger charge is 2.21. The Morgan fingerprint density at radius 2 is 2.00 bits per heavy atom. The average molecular weight is 296 g/mol. The molecule has 22 heavy (non-hydrogen) atoms. The number of Topliss-reactive ketones (excluding diaryl/α,β-unsaturated/α-hetero) is 2. The minimum atomic E-state index is -0.687. The second-order valence-electron chi connectivity index (χ2n) is 4.66. The van der Waals surface area contributed by atoms with Crippen LogP contribution in [0.15, 0.2) is 47.6 Å². The van der Waals surface area contributed by atoms with Crippen LogP contribution in [0.25, 0.3) is 0 Å². The fourth-order valence-corrected chi connectivity index (χ4v) is 2.07. The maximum atomic E-state index is 12.0. The molecule has 0 unspecified atom stereocenters. The summed E-state index contributed by atoms with van der Waals surface area (Å²) in [6.07, 6.45) is 6.59. The van der Waals surface area contributed by atoms with Gasteiger partial charge in [0, 0.05) is 30.8 Å². The first kappa shape index (κ1) is 13.9. The van der Waals surface area contributed by atoms with Crippen molar-refractivity contribution in [2.24, 2.45) is 0 Å². The molecule has 0 bridgehead atoms. The maximum absolute atomic E-state index is 12.0. The van der Waals surface area contributed by atoms with Gasteiger partial charge in [0.25, 0.3) is 5.78 Å². The van der Waals surface area contributed by atoms with Crippen LogP contribution in [0.4, 0.5) is 0 Å². The highest BCUT2D eigenvalue weighted by Crippen LogP contribution is 2.16. The number of furan rings is 1. The first-order valence-corrected chi connectivity index (χ1v) is 6.61. The highest BCUT2D eigenvalue weighted by atomic mass is 16.3. The predicted octanol–water partition coefficient (Wildman–Crippen LogP) is 1.38. The summed E-state index contributed by atoms with van der Waals surface area (Å²) in [5.74, 6) is -0.642. The SMILES string of the molecule is O=C(Cc1ccoc1Cc1ccncc1)C(=O)c1ncn[nH]1. The fraction of sp³-hybridized carbons (Fsp3) is 0.133. The first-order valence-electron chi connectivity index (χ1n) is 6.61. The lowest BCUT2D eigenvalue weighted by Crippen LogP contribution is -2.18. The Kier molecular flexibility index (Phi) is 3.86. The predicted molar refractivity (Wildman–Crippen MR) is 75.2 cm³/mol. The van der Waals surface area contributed by atoms with E-state index in [0.717, 1.165) is 5.56 Å². The van der Waals surface area contributed by atoms with Gasteiger partial charge in [0.05, 0.1) is 6.26 Å². The van der Waals surface area contributed by atoms with E-state index in [9.17, 15) is 9.59 Å². The molecule has 0 spiro atoms. The van der Waals surface area contributed by atoms with Crippen LogP contribution in [-0.2, 0) is 17.6 Å². The van der Waals surface area contributed by atoms with Crippen LogP contribution in [-0.4, -0.2) is 31.7 Å². The molecule has 3 aromatic rings. The summed E-state index contributed by atoms with van der Waals surface area (Å²) in [5, 5.41) is 5.95. The van der Waals surface area contributed by atoms with Crippen molar-refractivity contribution >= 4 is 11.6 Å². The minimum Gasteiger partial charge on any atom is -0.469 e. The van der Waals surface area contributed by atoms with Crippen LogP contribution in [0.1, 0.15) is 27.5 Å². The molecule has 3 rings (SSSR count). The van der Waals surface area contributed by atoms with Crippen molar-refractivity contribution in [2.45, 2.75) is 12.8 Å². The van der Waals surface area contributed by atoms with Gasteiger partial charge in [-0.3, -0.25) is 19.7 Å². The molecular formula is C15H12N4O3. The molecule has 0 aliphatic carbocycles. The zero-order valence-electron chi connectivity index (χ0n) is 11.5. The van der Waals surface area contributed by atoms with E-state index in [1.165, 1.54) is 12.6 Å². The highest BCUT2D eigenvalue weighted by molar-refractivity contribution is 6.43. The normalized spacial score (nSPS) is 10.5. The molecule has 7 nitrogen and oxygen atoms in total. The third kappa shape index (κ3) is 2.98. The van der Waals surface area contributed by atoms with E-state index in [2.05, 4.69) is 20.2 Å². The number of rotatable bonds is 6. The van der Waals surface area contributed by atoms with Gasteiger partial charge in [-0.05, 0) is 23.8 Å². The molecule has 3 heterocycles. The molecule has 0 aromatic carbocycles. The molecule has 0 amide bonds. The number of H-pyrrole nitrogens is 1. The molecule has 0 aliphatic heterocycles. The van der Waals surface area contributed by atoms with Gasteiger partial charge in [0.15, 0.2) is 5.82 Å². The van der Waals surface area contributed by atoms with Gasteiger partial charge >= 0.3 is 0 Å². The Morgan fingerprint density at radius 3 is 2.73 bits per heavy atom. The summed E-state index contributed by atoms with van der Waals surface area (Å²) in [6, 6.07) is 5.43. The molecule has 0 saturated carbocycles. The molecule has 1 N–H and O–H groups in total. The molecule has 110 valence electrons. The number of carbonyl (C=O) groups excluding carboxylic acids is 2. The third-order valence-electron chi connectivity index (χ3n) is 3.19. The van der Waals surface area contributed by atoms with E-state index >= 15 is 0 Å². The number of hydrogen-bond acceptors (Lipinski definition) is 6. The number of aromatic amines is 1. The number of carbonyl (C=O) groups is 2. The Morgan fingerprint density at radius 1 is 1.18 bits per heavy atom. The standard InChI is InChI=1S/C15H12N4O3/c20-12(14(21)15-17-9-18-19-15)8-11-3-6-22-13(11)7-10-1-4-16-5-2-10/h1-6,9H,7-8H2,(H,17,18,19). The number of nitrogens with one attached hydrogen (secondary N) is 1. The molecule has 3 aromatic heterocycles. The van der Waals surface area contributed by atoms with E-state index < -0.39 is 11.6 Å². The Bertz CT molecular complexity index is 778. The molecule has 0 atom stereocenters. The quantitative estimate of drug-likeness (QED) is 0.544. The Hall–Kier alpha value is -3.09. The average Bonchev–Trinajstić information content (AvgIpc) is 3.20. The van der Waals surface area contributed by atoms with Gasteiger partial charge < -0.3 is 4.42 Å². The van der Waals surface area contributed by atoms with Crippen molar-refractivity contribution in [3.05, 3.63) is 65.9 Å². The number of pyridine rings is 1. The molecule has 7 heteroatoms. The molecular weight excluding hydrogens is 284 g/mol. The fourth-order valence-electron chi connectivity index (χ4n) is 2.07. The van der Waals surface area contributed by atoms with Gasteiger partial charge in [0.1, 0.15) is 12.1 Å². The van der Waals surface area contributed by atoms with Crippen LogP contribution in [0, 0.1) is 0 Å². The monoisotopic (exact) mass is 296 g/mol. The summed E-state index contributed by atoms with van der Waals surface area (Å²) in [4.78, 5) is 31.5. The lowest BCUT2D eigenvalue weighted by atomic mass is 10.0. The second-order valence-corrected chi connectivity index (χ2v) is 4.66. The van der Waals surface area contributed by atoms with E-state index in [1.807, 2.05) is 12.1 Å². The van der Waals surface area contributed by atoms with Crippen LogP contribution in [0.3, 0.4) is 0 Å². The third-order valence-corrected chi connectivity index (χ3v) is 3.19. The molecule has 0 aliphatic rings. The van der Waals surface area contributed by atoms with E-state index in [0.29, 0.717) is 17.7 Å². The molecule has 0 fully saturated rings. The van der Waals surface area contributed by atoms with Gasteiger partial charge in [0.2, 0.25) is 5.78 Å². The van der Waals surface area contributed by atoms with Crippen molar-refractivity contribution in [1.29, 1.82) is 0 Å². The first-order chi connectivity index (χ1) is 10.7. The van der Waals surface area contributed by atoms with Gasteiger partial charge in [-0.2, -0.15) is 5.10 Å². The van der Waals surface area contributed by atoms with Crippen molar-refractivity contribution in [3.63, 3.8) is 0 Å². The van der Waals surface area contributed by atoms with Gasteiger partial charge in [-0.15, -0.1) is 0 Å². The summed E-state index contributed by atoms with van der Waals surface area (Å²) in [7, 11) is 0. The van der Waals surface area contributed by atoms with Gasteiger partial charge in [-0.25, -0.2) is 4.98 Å². The summed E-state index contributed by atoms with van der Waals surface area (Å²) in [5.41, 5.74) is 1.70. The van der Waals surface area contributed by atoms with E-state index in [-0.39, 0.29) is 12.2 Å². The summed E-state index contributed by atoms with van der Waals surface area (Å²) < 4.78 is 5.42. The molecule has 0 saturated heterocycles. The zero-order chi connectivity index (χ0) is 15.4. The van der Waals surface area contributed by atoms with Crippen LogP contribution < -0.4 is 0 Å². The Labute approximate surface area is 125 Å². The second kappa shape index (κ2) is 6.13. The van der Waals surface area contributed by atoms with Crippen LogP contribution in [0.2, 0.25) is 0 Å². The maximum Gasteiger partial charge on any atom is 0.265 e. The lowest BCUT2D eigenvalue weighted by Gasteiger charge is -2.02. The van der Waals surface area contributed by atoms with Crippen molar-refractivity contribution in [3.8, 4) is 0 Å². The van der Waals surface area contributed by atoms with Crippen LogP contribution >= 0.6 is 0 Å². The van der Waals surface area contributed by atoms with Crippen LogP contribution in [0.5, 0.6) is 0 Å².